The molecular formula is C24H24Cl2N6O2S2. The maximum Gasteiger partial charge on any atom is 0.215 e. The van der Waals surface area contributed by atoms with Crippen molar-refractivity contribution in [2.75, 3.05) is 57.5 Å². The lowest BCUT2D eigenvalue weighted by atomic mass is 10.3. The monoisotopic (exact) mass is 562 g/mol. The molecule has 2 saturated heterocycles. The van der Waals surface area contributed by atoms with Crippen molar-refractivity contribution in [1.82, 2.24) is 19.0 Å². The Bertz CT molecular complexity index is 1360. The van der Waals surface area contributed by atoms with Gasteiger partial charge in [-0.3, -0.25) is 4.57 Å². The lowest BCUT2D eigenvalue weighted by Crippen LogP contribution is -2.45. The Morgan fingerprint density at radius 2 is 1.36 bits per heavy atom. The minimum Gasteiger partial charge on any atom is -0.378 e. The molecule has 2 fully saturated rings. The molecule has 3 heterocycles. The summed E-state index contributed by atoms with van der Waals surface area (Å²) in [6.45, 7) is 5.03. The number of anilines is 1. The quantitative estimate of drug-likeness (QED) is 0.248. The Kier molecular flexibility index (Phi) is 8.00. The van der Waals surface area contributed by atoms with Gasteiger partial charge in [0, 0.05) is 36.2 Å². The fourth-order valence-corrected chi connectivity index (χ4v) is 4.99. The minimum atomic E-state index is 0.325. The molecule has 0 bridgehead atoms. The van der Waals surface area contributed by atoms with E-state index >= 15 is 0 Å². The van der Waals surface area contributed by atoms with Crippen LogP contribution in [0.15, 0.2) is 53.5 Å². The first-order valence-corrected chi connectivity index (χ1v) is 13.1. The van der Waals surface area contributed by atoms with Gasteiger partial charge in [-0.1, -0.05) is 23.2 Å². The molecule has 2 aliphatic rings. The topological polar surface area (TPSA) is 60.0 Å². The van der Waals surface area contributed by atoms with Crippen molar-refractivity contribution >= 4 is 65.2 Å². The lowest BCUT2D eigenvalue weighted by molar-refractivity contribution is 0.0665. The van der Waals surface area contributed by atoms with Gasteiger partial charge in [-0.05, 0) is 73.0 Å². The number of halogens is 2. The van der Waals surface area contributed by atoms with Gasteiger partial charge >= 0.3 is 0 Å². The van der Waals surface area contributed by atoms with E-state index in [2.05, 4.69) is 9.80 Å². The third kappa shape index (κ3) is 5.49. The highest BCUT2D eigenvalue weighted by Gasteiger charge is 2.24. The molecule has 5 rings (SSSR count). The van der Waals surface area contributed by atoms with E-state index in [9.17, 15) is 0 Å². The van der Waals surface area contributed by atoms with Crippen molar-refractivity contribution < 1.29 is 9.47 Å². The van der Waals surface area contributed by atoms with Crippen LogP contribution in [-0.4, -0.2) is 77.6 Å². The number of ether oxygens (including phenoxy) is 2. The summed E-state index contributed by atoms with van der Waals surface area (Å²) in [5.74, 6) is 1.26. The Labute approximate surface area is 229 Å². The molecule has 0 amide bonds. The smallest absolute Gasteiger partial charge is 0.215 e. The lowest BCUT2D eigenvalue weighted by Gasteiger charge is -2.33. The van der Waals surface area contributed by atoms with E-state index < -0.39 is 0 Å². The molecule has 12 heteroatoms. The van der Waals surface area contributed by atoms with Gasteiger partial charge < -0.3 is 19.3 Å². The molecule has 0 spiro atoms. The summed E-state index contributed by atoms with van der Waals surface area (Å²) < 4.78 is 15.6. The second-order valence-electron chi connectivity index (χ2n) is 8.21. The number of morpholine rings is 2. The van der Waals surface area contributed by atoms with Crippen molar-refractivity contribution in [3.63, 3.8) is 0 Å². The van der Waals surface area contributed by atoms with Gasteiger partial charge in [0.25, 0.3) is 0 Å². The molecule has 0 radical (unpaired) electrons. The Balaban J connectivity index is 1.73. The van der Waals surface area contributed by atoms with Gasteiger partial charge in [-0.15, -0.1) is 0 Å². The van der Waals surface area contributed by atoms with Gasteiger partial charge in [-0.2, -0.15) is 4.98 Å². The molecule has 3 aromatic rings. The molecular weight excluding hydrogens is 539 g/mol. The van der Waals surface area contributed by atoms with Crippen molar-refractivity contribution in [3.8, 4) is 5.69 Å². The summed E-state index contributed by atoms with van der Waals surface area (Å²) in [5.41, 5.74) is 1.56. The average Bonchev–Trinajstić information content (AvgIpc) is 2.91. The zero-order chi connectivity index (χ0) is 25.1. The number of hydrogen-bond donors (Lipinski definition) is 0. The average molecular weight is 564 g/mol. The van der Waals surface area contributed by atoms with Gasteiger partial charge in [-0.25, -0.2) is 9.56 Å². The van der Waals surface area contributed by atoms with Crippen LogP contribution in [-0.2, 0) is 9.47 Å². The standard InChI is InChI=1S/C24H24Cl2N6O2S2/c25-17-1-5-19(6-2-17)27-21(29-9-13-33-14-10-29)32-23(35)28-22(30-11-15-34-16-12-30)31(24(32)36)20-7-3-18(26)4-8-20/h1-8H,9-16H2. The summed E-state index contributed by atoms with van der Waals surface area (Å²) in [6.07, 6.45) is 0. The number of benzene rings is 2. The summed E-state index contributed by atoms with van der Waals surface area (Å²) in [6, 6.07) is 14.8. The summed E-state index contributed by atoms with van der Waals surface area (Å²) >= 11 is 24.2. The Morgan fingerprint density at radius 1 is 0.806 bits per heavy atom. The summed E-state index contributed by atoms with van der Waals surface area (Å²) in [4.78, 5) is 14.1. The number of aliphatic imine (C=N–C) groups is 1. The molecule has 0 atom stereocenters. The predicted molar refractivity (Wildman–Crippen MR) is 148 cm³/mol. The molecule has 0 unspecified atom stereocenters. The molecule has 36 heavy (non-hydrogen) atoms. The first-order valence-electron chi connectivity index (χ1n) is 11.5. The van der Waals surface area contributed by atoms with Crippen molar-refractivity contribution in [3.05, 3.63) is 68.1 Å². The van der Waals surface area contributed by atoms with Crippen LogP contribution in [0.2, 0.25) is 10.0 Å². The van der Waals surface area contributed by atoms with Crippen LogP contribution in [0.5, 0.6) is 0 Å². The van der Waals surface area contributed by atoms with Crippen LogP contribution in [0, 0.1) is 9.54 Å². The van der Waals surface area contributed by atoms with Crippen LogP contribution in [0.1, 0.15) is 0 Å². The number of rotatable bonds is 3. The molecule has 188 valence electrons. The van der Waals surface area contributed by atoms with E-state index in [4.69, 9.17) is 67.1 Å². The van der Waals surface area contributed by atoms with Crippen LogP contribution in [0.4, 0.5) is 11.6 Å². The number of aromatic nitrogens is 3. The Hall–Kier alpha value is -2.34. The zero-order valence-corrected chi connectivity index (χ0v) is 22.5. The predicted octanol–water partition coefficient (Wildman–Crippen LogP) is 5.14. The third-order valence-electron chi connectivity index (χ3n) is 5.90. The number of hydrogen-bond acceptors (Lipinski definition) is 7. The van der Waals surface area contributed by atoms with Crippen LogP contribution >= 0.6 is 47.6 Å². The van der Waals surface area contributed by atoms with Crippen molar-refractivity contribution in [2.24, 2.45) is 4.99 Å². The second-order valence-corrected chi connectivity index (χ2v) is 9.81. The molecule has 0 N–H and O–H groups in total. The van der Waals surface area contributed by atoms with E-state index in [1.807, 2.05) is 41.0 Å². The molecule has 0 saturated carbocycles. The highest BCUT2D eigenvalue weighted by atomic mass is 35.5. The summed E-state index contributed by atoms with van der Waals surface area (Å²) in [7, 11) is 0. The van der Waals surface area contributed by atoms with Crippen LogP contribution in [0.3, 0.4) is 0 Å². The number of nitrogens with zero attached hydrogens (tertiary/aromatic N) is 6. The normalized spacial score (nSPS) is 16.9. The van der Waals surface area contributed by atoms with E-state index in [-0.39, 0.29) is 0 Å². The second kappa shape index (κ2) is 11.4. The van der Waals surface area contributed by atoms with E-state index in [0.29, 0.717) is 84.1 Å². The van der Waals surface area contributed by atoms with E-state index in [1.54, 1.807) is 16.7 Å². The maximum atomic E-state index is 6.19. The van der Waals surface area contributed by atoms with Crippen LogP contribution in [0.25, 0.3) is 5.69 Å². The molecule has 0 aliphatic carbocycles. The van der Waals surface area contributed by atoms with Crippen molar-refractivity contribution in [2.45, 2.75) is 0 Å². The Morgan fingerprint density at radius 3 is 1.97 bits per heavy atom. The fourth-order valence-electron chi connectivity index (χ4n) is 4.07. The van der Waals surface area contributed by atoms with Gasteiger partial charge in [0.1, 0.15) is 0 Å². The van der Waals surface area contributed by atoms with Gasteiger partial charge in [0.2, 0.25) is 16.7 Å². The fraction of sp³-hybridized carbons (Fsp3) is 0.333. The highest BCUT2D eigenvalue weighted by molar-refractivity contribution is 7.72. The van der Waals surface area contributed by atoms with Gasteiger partial charge in [0.05, 0.1) is 37.8 Å². The van der Waals surface area contributed by atoms with Crippen molar-refractivity contribution in [1.29, 1.82) is 0 Å². The molecule has 2 aliphatic heterocycles. The minimum absolute atomic E-state index is 0.325. The van der Waals surface area contributed by atoms with E-state index in [1.165, 1.54) is 0 Å². The first-order chi connectivity index (χ1) is 17.5. The van der Waals surface area contributed by atoms with Gasteiger partial charge in [0.15, 0.2) is 4.77 Å². The molecule has 8 nitrogen and oxygen atoms in total. The highest BCUT2D eigenvalue weighted by Crippen LogP contribution is 2.24. The SMILES string of the molecule is S=c1nc(N2CCOCC2)n(-c2ccc(Cl)cc2)c(=S)n1C(=Nc1ccc(Cl)cc1)N1CCOCC1. The third-order valence-corrected chi connectivity index (χ3v) is 7.04. The summed E-state index contributed by atoms with van der Waals surface area (Å²) in [5, 5.41) is 1.27. The van der Waals surface area contributed by atoms with E-state index in [0.717, 1.165) is 11.4 Å². The molecule has 2 aromatic carbocycles. The maximum absolute atomic E-state index is 6.19. The largest absolute Gasteiger partial charge is 0.378 e. The first kappa shape index (κ1) is 25.3. The zero-order valence-electron chi connectivity index (χ0n) is 19.3. The van der Waals surface area contributed by atoms with Crippen LogP contribution < -0.4 is 4.90 Å². The molecule has 1 aromatic heterocycles.